The van der Waals surface area contributed by atoms with Crippen molar-refractivity contribution < 1.29 is 19.4 Å². The van der Waals surface area contributed by atoms with Gasteiger partial charge in [-0.1, -0.05) is 42.2 Å². The maximum Gasteiger partial charge on any atom is 0.303 e. The Kier molecular flexibility index (Phi) is 7.52. The lowest BCUT2D eigenvalue weighted by Gasteiger charge is -2.22. The molecule has 0 bridgehead atoms. The van der Waals surface area contributed by atoms with Crippen LogP contribution in [0, 0.1) is 17.8 Å². The predicted octanol–water partition coefficient (Wildman–Crippen LogP) is 2.16. The van der Waals surface area contributed by atoms with Crippen molar-refractivity contribution in [3.63, 3.8) is 0 Å². The predicted molar refractivity (Wildman–Crippen MR) is 80.3 cm³/mol. The third-order valence-electron chi connectivity index (χ3n) is 3.03. The van der Waals surface area contributed by atoms with Gasteiger partial charge in [0, 0.05) is 12.8 Å². The van der Waals surface area contributed by atoms with E-state index in [-0.39, 0.29) is 24.6 Å². The van der Waals surface area contributed by atoms with Crippen molar-refractivity contribution in [2.24, 2.45) is 5.92 Å². The first kappa shape index (κ1) is 17.2. The molecule has 0 radical (unpaired) electrons. The molecule has 0 spiro atoms. The Morgan fingerprint density at radius 3 is 2.57 bits per heavy atom. The number of benzene rings is 1. The molecule has 1 aromatic carbocycles. The van der Waals surface area contributed by atoms with E-state index in [0.717, 1.165) is 5.56 Å². The molecule has 0 aliphatic heterocycles. The molecule has 4 nitrogen and oxygen atoms in total. The van der Waals surface area contributed by atoms with Gasteiger partial charge in [-0.25, -0.2) is 0 Å². The van der Waals surface area contributed by atoms with Gasteiger partial charge in [0.05, 0.1) is 18.8 Å². The quantitative estimate of drug-likeness (QED) is 0.644. The van der Waals surface area contributed by atoms with Crippen molar-refractivity contribution in [1.29, 1.82) is 0 Å². The summed E-state index contributed by atoms with van der Waals surface area (Å²) in [5.41, 5.74) is 1.06. The Hall–Kier alpha value is -1.83. The van der Waals surface area contributed by atoms with Crippen LogP contribution in [0.3, 0.4) is 0 Å². The molecular weight excluding hydrogens is 268 g/mol. The second-order valence-electron chi connectivity index (χ2n) is 4.88. The van der Waals surface area contributed by atoms with E-state index >= 15 is 0 Å². The Bertz CT molecular complexity index is 487. The number of hydrogen-bond acceptors (Lipinski definition) is 4. The van der Waals surface area contributed by atoms with E-state index in [4.69, 9.17) is 9.47 Å². The van der Waals surface area contributed by atoms with Crippen molar-refractivity contribution in [1.82, 2.24) is 0 Å². The Morgan fingerprint density at radius 1 is 1.29 bits per heavy atom. The van der Waals surface area contributed by atoms with E-state index in [2.05, 4.69) is 11.8 Å². The number of hydrogen-bond donors (Lipinski definition) is 1. The second-order valence-corrected chi connectivity index (χ2v) is 4.88. The van der Waals surface area contributed by atoms with Gasteiger partial charge in [0.2, 0.25) is 0 Å². The van der Waals surface area contributed by atoms with Gasteiger partial charge in [-0.05, 0) is 19.4 Å². The lowest BCUT2D eigenvalue weighted by molar-refractivity contribution is -0.139. The lowest BCUT2D eigenvalue weighted by Crippen LogP contribution is -2.31. The summed E-state index contributed by atoms with van der Waals surface area (Å²) < 4.78 is 10.4. The first-order chi connectivity index (χ1) is 10.0. The summed E-state index contributed by atoms with van der Waals surface area (Å²) in [6.07, 6.45) is -1.03. The van der Waals surface area contributed by atoms with Gasteiger partial charge in [0.1, 0.15) is 0 Å². The van der Waals surface area contributed by atoms with Crippen LogP contribution in [0.15, 0.2) is 30.3 Å². The average Bonchev–Trinajstić information content (AvgIpc) is 2.49. The minimum atomic E-state index is -0.696. The summed E-state index contributed by atoms with van der Waals surface area (Å²) in [6.45, 7) is 5.46. The van der Waals surface area contributed by atoms with E-state index in [1.807, 2.05) is 44.2 Å². The van der Waals surface area contributed by atoms with Crippen molar-refractivity contribution in [3.8, 4) is 11.8 Å². The van der Waals surface area contributed by atoms with Crippen molar-refractivity contribution >= 4 is 5.97 Å². The van der Waals surface area contributed by atoms with Crippen LogP contribution in [0.4, 0.5) is 0 Å². The fourth-order valence-corrected chi connectivity index (χ4v) is 1.73. The SMILES string of the molecule is CC(=O)OCC#C[C@@H](C)[C@H](O)[C@H](C)OCc1ccccc1. The van der Waals surface area contributed by atoms with Crippen molar-refractivity contribution in [2.45, 2.75) is 39.6 Å². The summed E-state index contributed by atoms with van der Waals surface area (Å²) in [5.74, 6) is 4.96. The maximum absolute atomic E-state index is 10.6. The number of carbonyl (C=O) groups excluding carboxylic acids is 1. The molecule has 3 atom stereocenters. The van der Waals surface area contributed by atoms with Gasteiger partial charge in [-0.15, -0.1) is 0 Å². The molecule has 0 unspecified atom stereocenters. The number of aliphatic hydroxyl groups excluding tert-OH is 1. The molecule has 1 aromatic rings. The minimum Gasteiger partial charge on any atom is -0.453 e. The molecule has 1 rings (SSSR count). The monoisotopic (exact) mass is 290 g/mol. The van der Waals surface area contributed by atoms with Gasteiger partial charge in [0.25, 0.3) is 0 Å². The van der Waals surface area contributed by atoms with Crippen LogP contribution in [-0.2, 0) is 20.9 Å². The summed E-state index contributed by atoms with van der Waals surface area (Å²) in [4.78, 5) is 10.6. The number of aliphatic hydroxyl groups is 1. The topological polar surface area (TPSA) is 55.8 Å². The third kappa shape index (κ3) is 6.94. The first-order valence-corrected chi connectivity index (χ1v) is 6.96. The maximum atomic E-state index is 10.6. The summed E-state index contributed by atoms with van der Waals surface area (Å²) in [7, 11) is 0. The highest BCUT2D eigenvalue weighted by molar-refractivity contribution is 5.66. The molecule has 0 aliphatic carbocycles. The highest BCUT2D eigenvalue weighted by Gasteiger charge is 2.20. The van der Waals surface area contributed by atoms with Crippen LogP contribution < -0.4 is 0 Å². The van der Waals surface area contributed by atoms with Gasteiger partial charge >= 0.3 is 5.97 Å². The molecule has 1 N–H and O–H groups in total. The zero-order chi connectivity index (χ0) is 15.7. The van der Waals surface area contributed by atoms with Gasteiger partial charge in [-0.2, -0.15) is 0 Å². The zero-order valence-electron chi connectivity index (χ0n) is 12.7. The highest BCUT2D eigenvalue weighted by atomic mass is 16.5. The largest absolute Gasteiger partial charge is 0.453 e. The fraction of sp³-hybridized carbons (Fsp3) is 0.471. The summed E-state index contributed by atoms with van der Waals surface area (Å²) in [5, 5.41) is 10.1. The van der Waals surface area contributed by atoms with E-state index in [1.54, 1.807) is 0 Å². The van der Waals surface area contributed by atoms with Crippen LogP contribution in [0.1, 0.15) is 26.3 Å². The van der Waals surface area contributed by atoms with Crippen LogP contribution in [0.25, 0.3) is 0 Å². The number of ether oxygens (including phenoxy) is 2. The average molecular weight is 290 g/mol. The molecule has 4 heteroatoms. The van der Waals surface area contributed by atoms with E-state index in [0.29, 0.717) is 6.61 Å². The molecular formula is C17H22O4. The molecule has 0 heterocycles. The molecule has 0 saturated heterocycles. The number of carbonyl (C=O) groups is 1. The number of rotatable bonds is 6. The Balaban J connectivity index is 2.38. The minimum absolute atomic E-state index is 0.0473. The van der Waals surface area contributed by atoms with E-state index < -0.39 is 6.10 Å². The van der Waals surface area contributed by atoms with Gasteiger partial charge in [0.15, 0.2) is 6.61 Å². The molecule has 0 saturated carbocycles. The molecule has 21 heavy (non-hydrogen) atoms. The number of esters is 1. The highest BCUT2D eigenvalue weighted by Crippen LogP contribution is 2.12. The molecule has 114 valence electrons. The Morgan fingerprint density at radius 2 is 1.95 bits per heavy atom. The normalized spacial score (nSPS) is 14.5. The first-order valence-electron chi connectivity index (χ1n) is 6.96. The molecule has 0 aromatic heterocycles. The second kappa shape index (κ2) is 9.17. The van der Waals surface area contributed by atoms with Gasteiger partial charge in [-0.3, -0.25) is 4.79 Å². The fourth-order valence-electron chi connectivity index (χ4n) is 1.73. The molecule has 0 aliphatic rings. The third-order valence-corrected chi connectivity index (χ3v) is 3.03. The summed E-state index contributed by atoms with van der Waals surface area (Å²) >= 11 is 0. The van der Waals surface area contributed by atoms with E-state index in [9.17, 15) is 9.90 Å². The smallest absolute Gasteiger partial charge is 0.303 e. The van der Waals surface area contributed by atoms with E-state index in [1.165, 1.54) is 6.92 Å². The van der Waals surface area contributed by atoms with Crippen LogP contribution in [0.5, 0.6) is 0 Å². The van der Waals surface area contributed by atoms with Gasteiger partial charge < -0.3 is 14.6 Å². The molecule has 0 amide bonds. The van der Waals surface area contributed by atoms with Crippen molar-refractivity contribution in [3.05, 3.63) is 35.9 Å². The standard InChI is InChI=1S/C17H22O4/c1-13(8-7-11-20-15(3)18)17(19)14(2)21-12-16-9-5-4-6-10-16/h4-6,9-10,13-14,17,19H,11-12H2,1-3H3/t13-,14+,17+/m1/s1. The Labute approximate surface area is 126 Å². The van der Waals surface area contributed by atoms with Crippen LogP contribution >= 0.6 is 0 Å². The van der Waals surface area contributed by atoms with Crippen molar-refractivity contribution in [2.75, 3.05) is 6.61 Å². The summed E-state index contributed by atoms with van der Waals surface area (Å²) in [6, 6.07) is 9.79. The van der Waals surface area contributed by atoms with Crippen LogP contribution in [-0.4, -0.2) is 29.9 Å². The lowest BCUT2D eigenvalue weighted by atomic mass is 10.0. The zero-order valence-corrected chi connectivity index (χ0v) is 12.7. The van der Waals surface area contributed by atoms with Crippen LogP contribution in [0.2, 0.25) is 0 Å². The molecule has 0 fully saturated rings.